The van der Waals surface area contributed by atoms with Crippen LogP contribution in [-0.4, -0.2) is 15.2 Å². The second-order valence-corrected chi connectivity index (χ2v) is 13.8. The molecule has 49 heavy (non-hydrogen) atoms. The standard InChI is InChI=1S/C45H33N3O/c1-28-10-9-17-42-45(28,2)44-41(49-42)25-24-40-43(44)34-13-5-8-16-38(34)47(40)31-21-19-30(20-22-31)35-26-29(27-46)18-23-39(35)48-36-14-6-3-11-32(36)33-12-4-7-15-37(33)48/h3-9,11-26,28,42H,10H2,1-2H3. The molecule has 0 saturated carbocycles. The molecule has 0 amide bonds. The van der Waals surface area contributed by atoms with Crippen molar-refractivity contribution in [2.45, 2.75) is 31.8 Å². The summed E-state index contributed by atoms with van der Waals surface area (Å²) in [7, 11) is 0. The van der Waals surface area contributed by atoms with Crippen molar-refractivity contribution in [1.82, 2.24) is 9.13 Å². The third-order valence-corrected chi connectivity index (χ3v) is 11.4. The number of nitrogens with zero attached hydrogens (tertiary/aromatic N) is 3. The summed E-state index contributed by atoms with van der Waals surface area (Å²) in [4.78, 5) is 0. The van der Waals surface area contributed by atoms with Crippen molar-refractivity contribution in [2.24, 2.45) is 5.92 Å². The first-order valence-electron chi connectivity index (χ1n) is 17.1. The highest BCUT2D eigenvalue weighted by molar-refractivity contribution is 6.13. The summed E-state index contributed by atoms with van der Waals surface area (Å²) in [5.74, 6) is 1.47. The Hall–Kier alpha value is -6.05. The largest absolute Gasteiger partial charge is 0.485 e. The number of nitriles is 1. The molecule has 10 rings (SSSR count). The van der Waals surface area contributed by atoms with Gasteiger partial charge in [-0.15, -0.1) is 0 Å². The van der Waals surface area contributed by atoms with Gasteiger partial charge in [0.2, 0.25) is 0 Å². The maximum Gasteiger partial charge on any atom is 0.127 e. The number of para-hydroxylation sites is 3. The summed E-state index contributed by atoms with van der Waals surface area (Å²) < 4.78 is 11.3. The molecule has 0 radical (unpaired) electrons. The van der Waals surface area contributed by atoms with Crippen molar-refractivity contribution in [1.29, 1.82) is 5.26 Å². The average Bonchev–Trinajstić information content (AvgIpc) is 3.77. The molecule has 1 aliphatic heterocycles. The number of rotatable bonds is 3. The fourth-order valence-electron chi connectivity index (χ4n) is 8.78. The molecule has 2 aromatic heterocycles. The quantitative estimate of drug-likeness (QED) is 0.182. The van der Waals surface area contributed by atoms with Crippen molar-refractivity contribution in [3.05, 3.63) is 151 Å². The molecule has 4 nitrogen and oxygen atoms in total. The Labute approximate surface area is 284 Å². The molecule has 6 aromatic carbocycles. The minimum Gasteiger partial charge on any atom is -0.485 e. The van der Waals surface area contributed by atoms with Crippen LogP contribution in [-0.2, 0) is 5.41 Å². The third-order valence-electron chi connectivity index (χ3n) is 11.4. The van der Waals surface area contributed by atoms with Crippen LogP contribution in [0.5, 0.6) is 5.75 Å². The second kappa shape index (κ2) is 10.2. The van der Waals surface area contributed by atoms with Gasteiger partial charge in [0.25, 0.3) is 0 Å². The van der Waals surface area contributed by atoms with Crippen LogP contribution in [0, 0.1) is 17.2 Å². The van der Waals surface area contributed by atoms with Crippen LogP contribution in [0.25, 0.3) is 66.1 Å². The highest BCUT2D eigenvalue weighted by Gasteiger charge is 2.50. The predicted molar refractivity (Wildman–Crippen MR) is 200 cm³/mol. The Kier molecular flexibility index (Phi) is 5.84. The van der Waals surface area contributed by atoms with Gasteiger partial charge in [0.15, 0.2) is 0 Å². The molecule has 4 heteroatoms. The SMILES string of the molecule is CC1CC=CC2Oc3ccc4c(c3C12C)c1ccccc1n4-c1ccc(-c2cc(C#N)ccc2-n2c3ccccc3c3ccccc32)cc1. The van der Waals surface area contributed by atoms with Crippen LogP contribution in [0.15, 0.2) is 140 Å². The van der Waals surface area contributed by atoms with Crippen LogP contribution in [0.2, 0.25) is 0 Å². The highest BCUT2D eigenvalue weighted by atomic mass is 16.5. The molecular weight excluding hydrogens is 599 g/mol. The summed E-state index contributed by atoms with van der Waals surface area (Å²) in [6, 6.07) is 47.5. The van der Waals surface area contributed by atoms with Crippen LogP contribution in [0.1, 0.15) is 31.4 Å². The van der Waals surface area contributed by atoms with Gasteiger partial charge >= 0.3 is 0 Å². The average molecular weight is 632 g/mol. The summed E-state index contributed by atoms with van der Waals surface area (Å²) in [6.45, 7) is 4.75. The van der Waals surface area contributed by atoms with E-state index < -0.39 is 0 Å². The van der Waals surface area contributed by atoms with Crippen LogP contribution < -0.4 is 4.74 Å². The van der Waals surface area contributed by atoms with E-state index in [0.29, 0.717) is 11.5 Å². The smallest absolute Gasteiger partial charge is 0.127 e. The Balaban J connectivity index is 1.17. The van der Waals surface area contributed by atoms with E-state index >= 15 is 0 Å². The first-order chi connectivity index (χ1) is 24.1. The van der Waals surface area contributed by atoms with Crippen LogP contribution >= 0.6 is 0 Å². The molecule has 1 aliphatic carbocycles. The maximum atomic E-state index is 9.95. The zero-order valence-corrected chi connectivity index (χ0v) is 27.4. The second-order valence-electron chi connectivity index (χ2n) is 13.8. The van der Waals surface area contributed by atoms with Crippen LogP contribution in [0.3, 0.4) is 0 Å². The first kappa shape index (κ1) is 28.0. The topological polar surface area (TPSA) is 42.9 Å². The monoisotopic (exact) mass is 631 g/mol. The van der Waals surface area contributed by atoms with E-state index in [-0.39, 0.29) is 11.5 Å². The third kappa shape index (κ3) is 3.79. The lowest BCUT2D eigenvalue weighted by molar-refractivity contribution is 0.148. The van der Waals surface area contributed by atoms with Gasteiger partial charge in [0.1, 0.15) is 11.9 Å². The van der Waals surface area contributed by atoms with Gasteiger partial charge in [-0.3, -0.25) is 0 Å². The Bertz CT molecular complexity index is 2670. The van der Waals surface area contributed by atoms with Crippen LogP contribution in [0.4, 0.5) is 0 Å². The Morgan fingerprint density at radius 1 is 0.714 bits per heavy atom. The minimum absolute atomic E-state index is 0.0474. The molecule has 8 aromatic rings. The number of hydrogen-bond acceptors (Lipinski definition) is 2. The summed E-state index contributed by atoms with van der Waals surface area (Å²) >= 11 is 0. The number of allylic oxidation sites excluding steroid dienone is 1. The Morgan fingerprint density at radius 2 is 1.37 bits per heavy atom. The molecule has 2 aliphatic rings. The van der Waals surface area contributed by atoms with Crippen molar-refractivity contribution in [3.8, 4) is 34.3 Å². The van der Waals surface area contributed by atoms with Crippen molar-refractivity contribution >= 4 is 43.6 Å². The predicted octanol–water partition coefficient (Wildman–Crippen LogP) is 11.0. The fourth-order valence-corrected chi connectivity index (χ4v) is 8.78. The van der Waals surface area contributed by atoms with Gasteiger partial charge < -0.3 is 13.9 Å². The molecule has 3 atom stereocenters. The zero-order valence-electron chi connectivity index (χ0n) is 27.4. The normalized spacial score (nSPS) is 19.7. The van der Waals surface area contributed by atoms with Gasteiger partial charge in [-0.2, -0.15) is 5.26 Å². The van der Waals surface area contributed by atoms with Crippen molar-refractivity contribution in [2.75, 3.05) is 0 Å². The number of benzene rings is 6. The van der Waals surface area contributed by atoms with Crippen molar-refractivity contribution in [3.63, 3.8) is 0 Å². The van der Waals surface area contributed by atoms with Gasteiger partial charge in [-0.25, -0.2) is 0 Å². The molecule has 3 unspecified atom stereocenters. The van der Waals surface area contributed by atoms with E-state index in [9.17, 15) is 5.26 Å². The molecule has 0 spiro atoms. The summed E-state index contributed by atoms with van der Waals surface area (Å²) in [5, 5.41) is 14.9. The van der Waals surface area contributed by atoms with Gasteiger partial charge in [-0.05, 0) is 84.6 Å². The minimum atomic E-state index is -0.0998. The fraction of sp³-hybridized carbons (Fsp3) is 0.133. The van der Waals surface area contributed by atoms with E-state index in [1.54, 1.807) is 0 Å². The van der Waals surface area contributed by atoms with E-state index in [4.69, 9.17) is 4.74 Å². The van der Waals surface area contributed by atoms with Gasteiger partial charge in [-0.1, -0.05) is 86.7 Å². The Morgan fingerprint density at radius 3 is 2.06 bits per heavy atom. The zero-order chi connectivity index (χ0) is 32.9. The summed E-state index contributed by atoms with van der Waals surface area (Å²) in [5.41, 5.74) is 10.8. The lowest BCUT2D eigenvalue weighted by Gasteiger charge is -2.37. The number of aromatic nitrogens is 2. The van der Waals surface area contributed by atoms with E-state index in [1.807, 2.05) is 12.1 Å². The van der Waals surface area contributed by atoms with E-state index in [2.05, 4.69) is 156 Å². The molecular formula is C45H33N3O. The van der Waals surface area contributed by atoms with E-state index in [1.165, 1.54) is 38.1 Å². The van der Waals surface area contributed by atoms with Gasteiger partial charge in [0, 0.05) is 43.8 Å². The van der Waals surface area contributed by atoms with Crippen molar-refractivity contribution < 1.29 is 4.74 Å². The molecule has 234 valence electrons. The molecule has 3 heterocycles. The molecule has 0 saturated heterocycles. The number of fused-ring (bicyclic) bond motifs is 10. The molecule has 0 bridgehead atoms. The molecule has 0 N–H and O–H groups in total. The lowest BCUT2D eigenvalue weighted by Crippen LogP contribution is -2.41. The molecule has 0 fully saturated rings. The number of ether oxygens (including phenoxy) is 1. The van der Waals surface area contributed by atoms with Gasteiger partial charge in [0.05, 0.1) is 39.4 Å². The highest BCUT2D eigenvalue weighted by Crippen LogP contribution is 2.55. The summed E-state index contributed by atoms with van der Waals surface area (Å²) in [6.07, 6.45) is 5.64. The maximum absolute atomic E-state index is 9.95. The first-order valence-corrected chi connectivity index (χ1v) is 17.1. The lowest BCUT2D eigenvalue weighted by atomic mass is 9.65. The van der Waals surface area contributed by atoms with E-state index in [0.717, 1.165) is 45.7 Å². The number of hydrogen-bond donors (Lipinski definition) is 0.